The average Bonchev–Trinajstić information content (AvgIpc) is 2.90. The second kappa shape index (κ2) is 13.1. The third-order valence-corrected chi connectivity index (χ3v) is 8.56. The van der Waals surface area contributed by atoms with Gasteiger partial charge in [-0.25, -0.2) is 8.42 Å². The van der Waals surface area contributed by atoms with E-state index in [1.54, 1.807) is 74.5 Å². The summed E-state index contributed by atoms with van der Waals surface area (Å²) >= 11 is 12.4. The Morgan fingerprint density at radius 2 is 1.58 bits per heavy atom. The Labute approximate surface area is 234 Å². The lowest BCUT2D eigenvalue weighted by atomic mass is 10.1. The first-order chi connectivity index (χ1) is 18.1. The van der Waals surface area contributed by atoms with Gasteiger partial charge in [-0.3, -0.25) is 13.9 Å². The molecular formula is C28H31Cl2N3O4S. The van der Waals surface area contributed by atoms with Crippen LogP contribution in [0.5, 0.6) is 0 Å². The Hall–Kier alpha value is -3.07. The van der Waals surface area contributed by atoms with E-state index in [2.05, 4.69) is 5.32 Å². The first-order valence-corrected chi connectivity index (χ1v) is 14.4. The van der Waals surface area contributed by atoms with E-state index in [0.29, 0.717) is 28.6 Å². The minimum absolute atomic E-state index is 0.0344. The van der Waals surface area contributed by atoms with Crippen molar-refractivity contribution in [3.05, 3.63) is 94.0 Å². The lowest BCUT2D eigenvalue weighted by molar-refractivity contribution is -0.140. The molecule has 3 aromatic rings. The van der Waals surface area contributed by atoms with E-state index in [1.165, 1.54) is 17.0 Å². The first-order valence-electron chi connectivity index (χ1n) is 12.2. The van der Waals surface area contributed by atoms with Crippen LogP contribution in [0.25, 0.3) is 0 Å². The highest BCUT2D eigenvalue weighted by Crippen LogP contribution is 2.31. The van der Waals surface area contributed by atoms with E-state index in [-0.39, 0.29) is 23.0 Å². The van der Waals surface area contributed by atoms with Gasteiger partial charge in [-0.1, -0.05) is 66.5 Å². The van der Waals surface area contributed by atoms with Gasteiger partial charge in [0.2, 0.25) is 11.8 Å². The van der Waals surface area contributed by atoms with Gasteiger partial charge in [-0.15, -0.1) is 0 Å². The third-order valence-electron chi connectivity index (χ3n) is 6.12. The highest BCUT2D eigenvalue weighted by molar-refractivity contribution is 7.92. The molecule has 10 heteroatoms. The molecule has 38 heavy (non-hydrogen) atoms. The van der Waals surface area contributed by atoms with Crippen molar-refractivity contribution in [3.8, 4) is 0 Å². The number of nitrogens with one attached hydrogen (secondary N) is 1. The Morgan fingerprint density at radius 3 is 2.18 bits per heavy atom. The molecule has 1 atom stereocenters. The van der Waals surface area contributed by atoms with Crippen LogP contribution in [0.15, 0.2) is 77.7 Å². The summed E-state index contributed by atoms with van der Waals surface area (Å²) in [6, 6.07) is 18.9. The van der Waals surface area contributed by atoms with Crippen LogP contribution in [0.3, 0.4) is 0 Å². The summed E-state index contributed by atoms with van der Waals surface area (Å²) in [6.45, 7) is 5.27. The van der Waals surface area contributed by atoms with Crippen LogP contribution in [0, 0.1) is 6.92 Å². The van der Waals surface area contributed by atoms with E-state index in [4.69, 9.17) is 23.2 Å². The van der Waals surface area contributed by atoms with Gasteiger partial charge >= 0.3 is 0 Å². The summed E-state index contributed by atoms with van der Waals surface area (Å²) in [5.41, 5.74) is 1.55. The average molecular weight is 577 g/mol. The maximum Gasteiger partial charge on any atom is 0.264 e. The Balaban J connectivity index is 2.09. The minimum atomic E-state index is -4.15. The molecule has 1 N–H and O–H groups in total. The van der Waals surface area contributed by atoms with Crippen LogP contribution in [0.4, 0.5) is 5.69 Å². The predicted octanol–water partition coefficient (Wildman–Crippen LogP) is 5.44. The van der Waals surface area contributed by atoms with Crippen LogP contribution in [-0.2, 0) is 26.2 Å². The Bertz CT molecular complexity index is 1370. The number of nitrogens with zero attached hydrogens (tertiary/aromatic N) is 2. The van der Waals surface area contributed by atoms with Crippen LogP contribution >= 0.6 is 23.2 Å². The second-order valence-electron chi connectivity index (χ2n) is 8.68. The van der Waals surface area contributed by atoms with E-state index < -0.39 is 28.5 Å². The second-order valence-corrected chi connectivity index (χ2v) is 11.4. The maximum absolute atomic E-state index is 14.0. The number of hydrogen-bond acceptors (Lipinski definition) is 4. The third kappa shape index (κ3) is 6.87. The molecule has 0 aliphatic rings. The van der Waals surface area contributed by atoms with E-state index in [1.807, 2.05) is 6.92 Å². The van der Waals surface area contributed by atoms with Gasteiger partial charge in [0.25, 0.3) is 10.0 Å². The molecule has 0 aliphatic carbocycles. The number of likely N-dealkylation sites (N-methyl/N-ethyl adjacent to an activating group) is 1. The Morgan fingerprint density at radius 1 is 0.921 bits per heavy atom. The van der Waals surface area contributed by atoms with Crippen molar-refractivity contribution in [1.29, 1.82) is 0 Å². The molecule has 0 bridgehead atoms. The number of carbonyl (C=O) groups is 2. The van der Waals surface area contributed by atoms with Crippen LogP contribution in [0.1, 0.15) is 31.4 Å². The van der Waals surface area contributed by atoms with Crippen molar-refractivity contribution in [3.63, 3.8) is 0 Å². The molecular weight excluding hydrogens is 545 g/mol. The molecule has 0 unspecified atom stereocenters. The highest BCUT2D eigenvalue weighted by atomic mass is 35.5. The number of amides is 2. The van der Waals surface area contributed by atoms with Gasteiger partial charge in [0, 0.05) is 23.1 Å². The summed E-state index contributed by atoms with van der Waals surface area (Å²) in [4.78, 5) is 28.4. The number of hydrogen-bond donors (Lipinski definition) is 1. The molecule has 0 heterocycles. The van der Waals surface area contributed by atoms with Crippen molar-refractivity contribution in [2.24, 2.45) is 0 Å². The molecule has 0 saturated heterocycles. The van der Waals surface area contributed by atoms with Crippen molar-refractivity contribution >= 4 is 50.7 Å². The minimum Gasteiger partial charge on any atom is -0.355 e. The number of rotatable bonds is 11. The van der Waals surface area contributed by atoms with Crippen molar-refractivity contribution in [1.82, 2.24) is 10.2 Å². The summed E-state index contributed by atoms with van der Waals surface area (Å²) in [6.07, 6.45) is 0.340. The molecule has 2 amide bonds. The number of benzene rings is 3. The van der Waals surface area contributed by atoms with Crippen LogP contribution < -0.4 is 9.62 Å². The van der Waals surface area contributed by atoms with Crippen molar-refractivity contribution < 1.29 is 18.0 Å². The molecule has 0 aliphatic heterocycles. The maximum atomic E-state index is 14.0. The normalized spacial score (nSPS) is 12.0. The highest BCUT2D eigenvalue weighted by Gasteiger charge is 2.34. The van der Waals surface area contributed by atoms with Gasteiger partial charge in [0.1, 0.15) is 12.6 Å². The summed E-state index contributed by atoms with van der Waals surface area (Å²) in [5.74, 6) is -0.842. The molecule has 0 aromatic heterocycles. The zero-order valence-electron chi connectivity index (χ0n) is 21.5. The van der Waals surface area contributed by atoms with Crippen LogP contribution in [-0.4, -0.2) is 44.3 Å². The summed E-state index contributed by atoms with van der Waals surface area (Å²) in [5, 5.41) is 3.69. The summed E-state index contributed by atoms with van der Waals surface area (Å²) < 4.78 is 28.7. The SMILES string of the molecule is CCNC(=O)[C@@H](CC)N(Cc1ccc(Cl)cc1)C(=O)CN(c1cccc(Cl)c1C)S(=O)(=O)c1ccccc1. The molecule has 3 aromatic carbocycles. The quantitative estimate of drug-likeness (QED) is 0.330. The topological polar surface area (TPSA) is 86.8 Å². The van der Waals surface area contributed by atoms with Crippen LogP contribution in [0.2, 0.25) is 10.0 Å². The largest absolute Gasteiger partial charge is 0.355 e. The van der Waals surface area contributed by atoms with Gasteiger partial charge in [-0.2, -0.15) is 0 Å². The molecule has 0 saturated carbocycles. The fraction of sp³-hybridized carbons (Fsp3) is 0.286. The monoisotopic (exact) mass is 575 g/mol. The number of sulfonamides is 1. The van der Waals surface area contributed by atoms with Crippen molar-refractivity contribution in [2.45, 2.75) is 44.7 Å². The Kier molecular flexibility index (Phi) is 10.2. The van der Waals surface area contributed by atoms with Gasteiger partial charge in [0.15, 0.2) is 0 Å². The zero-order valence-corrected chi connectivity index (χ0v) is 23.9. The van der Waals surface area contributed by atoms with E-state index in [9.17, 15) is 18.0 Å². The fourth-order valence-electron chi connectivity index (χ4n) is 4.10. The molecule has 3 rings (SSSR count). The molecule has 0 fully saturated rings. The zero-order chi connectivity index (χ0) is 27.9. The molecule has 7 nitrogen and oxygen atoms in total. The lowest BCUT2D eigenvalue weighted by Crippen LogP contribution is -2.52. The van der Waals surface area contributed by atoms with E-state index in [0.717, 1.165) is 9.87 Å². The number of carbonyl (C=O) groups excluding carboxylic acids is 2. The molecule has 202 valence electrons. The number of anilines is 1. The smallest absolute Gasteiger partial charge is 0.264 e. The predicted molar refractivity (Wildman–Crippen MR) is 152 cm³/mol. The van der Waals surface area contributed by atoms with Gasteiger partial charge < -0.3 is 10.2 Å². The van der Waals surface area contributed by atoms with Gasteiger partial charge in [0.05, 0.1) is 10.6 Å². The van der Waals surface area contributed by atoms with E-state index >= 15 is 0 Å². The first kappa shape index (κ1) is 29.5. The van der Waals surface area contributed by atoms with Crippen molar-refractivity contribution in [2.75, 3.05) is 17.4 Å². The fourth-order valence-corrected chi connectivity index (χ4v) is 5.89. The summed E-state index contributed by atoms with van der Waals surface area (Å²) in [7, 11) is -4.15. The lowest BCUT2D eigenvalue weighted by Gasteiger charge is -2.33. The number of halogens is 2. The molecule has 0 radical (unpaired) electrons. The van der Waals surface area contributed by atoms with Gasteiger partial charge in [-0.05, 0) is 67.8 Å². The standard InChI is InChI=1S/C28H31Cl2N3O4S/c1-4-25(28(35)31-5-2)32(18-21-14-16-22(29)17-15-21)27(34)19-33(26-13-9-12-24(30)20(26)3)38(36,37)23-10-7-6-8-11-23/h6-17,25H,4-5,18-19H2,1-3H3,(H,31,35)/t25-/m1/s1. The molecule has 0 spiro atoms.